The number of hydrogen-bond acceptors (Lipinski definition) is 6. The molecule has 25 heavy (non-hydrogen) atoms. The number of nitrogens with one attached hydrogen (secondary N) is 1. The van der Waals surface area contributed by atoms with Crippen molar-refractivity contribution >= 4 is 40.5 Å². The molecule has 9 heteroatoms. The number of benzene rings is 1. The van der Waals surface area contributed by atoms with Crippen molar-refractivity contribution in [1.29, 1.82) is 0 Å². The third kappa shape index (κ3) is 5.38. The summed E-state index contributed by atoms with van der Waals surface area (Å²) in [6.45, 7) is 2.47. The highest BCUT2D eigenvalue weighted by molar-refractivity contribution is 8.13. The second-order valence-corrected chi connectivity index (χ2v) is 6.97. The van der Waals surface area contributed by atoms with Gasteiger partial charge < -0.3 is 10.7 Å². The number of amidine groups is 1. The van der Waals surface area contributed by atoms with Crippen molar-refractivity contribution in [2.45, 2.75) is 6.54 Å². The van der Waals surface area contributed by atoms with Crippen molar-refractivity contribution in [3.63, 3.8) is 0 Å². The molecular weight excluding hydrogens is 358 g/mol. The minimum Gasteiger partial charge on any atom is -0.379 e. The molecule has 0 fully saturated rings. The van der Waals surface area contributed by atoms with Crippen LogP contribution in [0.25, 0.3) is 10.9 Å². The number of fused-ring (bicyclic) bond motifs is 1. The lowest BCUT2D eigenvalue weighted by Gasteiger charge is -2.21. The molecule has 0 saturated heterocycles. The van der Waals surface area contributed by atoms with Gasteiger partial charge in [0, 0.05) is 44.7 Å². The van der Waals surface area contributed by atoms with Crippen LogP contribution in [0.3, 0.4) is 0 Å². The van der Waals surface area contributed by atoms with E-state index in [0.29, 0.717) is 34.9 Å². The summed E-state index contributed by atoms with van der Waals surface area (Å²) in [6, 6.07) is 7.03. The lowest BCUT2D eigenvalue weighted by Crippen LogP contribution is -2.40. The van der Waals surface area contributed by atoms with E-state index < -0.39 is 0 Å². The SMILES string of the molecule is CN=C(N)SCCN(CCS)CCn1c(=O)[nH]c2ccccc2c1=O. The van der Waals surface area contributed by atoms with Gasteiger partial charge in [0.05, 0.1) is 10.9 Å². The van der Waals surface area contributed by atoms with Crippen LogP contribution in [-0.2, 0) is 6.54 Å². The molecule has 1 aromatic carbocycles. The van der Waals surface area contributed by atoms with E-state index in [-0.39, 0.29) is 11.2 Å². The number of aromatic amines is 1. The van der Waals surface area contributed by atoms with Crippen molar-refractivity contribution in [2.75, 3.05) is 38.2 Å². The smallest absolute Gasteiger partial charge is 0.328 e. The van der Waals surface area contributed by atoms with Gasteiger partial charge in [-0.15, -0.1) is 0 Å². The van der Waals surface area contributed by atoms with Crippen molar-refractivity contribution in [3.05, 3.63) is 45.1 Å². The number of para-hydroxylation sites is 1. The molecule has 7 nitrogen and oxygen atoms in total. The molecule has 0 aliphatic heterocycles. The number of aliphatic imine (C=N–C) groups is 1. The Morgan fingerprint density at radius 2 is 2.08 bits per heavy atom. The fourth-order valence-electron chi connectivity index (χ4n) is 2.46. The number of thioether (sulfide) groups is 1. The minimum absolute atomic E-state index is 0.262. The van der Waals surface area contributed by atoms with Crippen LogP contribution in [0.4, 0.5) is 0 Å². The fourth-order valence-corrected chi connectivity index (χ4v) is 3.43. The van der Waals surface area contributed by atoms with Gasteiger partial charge in [0.2, 0.25) is 0 Å². The highest BCUT2D eigenvalue weighted by Crippen LogP contribution is 2.04. The zero-order valence-corrected chi connectivity index (χ0v) is 15.9. The number of aromatic nitrogens is 2. The van der Waals surface area contributed by atoms with Gasteiger partial charge in [-0.2, -0.15) is 12.6 Å². The van der Waals surface area contributed by atoms with Crippen LogP contribution in [0.15, 0.2) is 38.8 Å². The van der Waals surface area contributed by atoms with Crippen LogP contribution in [0.1, 0.15) is 0 Å². The first-order valence-electron chi connectivity index (χ1n) is 7.97. The standard InChI is InChI=1S/C16H23N5O2S2/c1-18-15(17)25-11-9-20(8-10-24)6-7-21-14(22)12-4-2-3-5-13(12)19-16(21)23/h2-5,24H,6-11H2,1H3,(H2,17,18)(H,19,23). The van der Waals surface area contributed by atoms with Crippen molar-refractivity contribution < 1.29 is 0 Å². The van der Waals surface area contributed by atoms with E-state index in [2.05, 4.69) is 27.5 Å². The third-order valence-corrected chi connectivity index (χ3v) is 4.89. The molecule has 136 valence electrons. The van der Waals surface area contributed by atoms with Crippen molar-refractivity contribution in [2.24, 2.45) is 10.7 Å². The zero-order chi connectivity index (χ0) is 18.2. The Hall–Kier alpha value is -1.71. The first kappa shape index (κ1) is 19.6. The lowest BCUT2D eigenvalue weighted by molar-refractivity contribution is 0.292. The number of thiol groups is 1. The first-order valence-corrected chi connectivity index (χ1v) is 9.58. The average Bonchev–Trinajstić information content (AvgIpc) is 2.61. The van der Waals surface area contributed by atoms with Gasteiger partial charge in [-0.25, -0.2) is 4.79 Å². The van der Waals surface area contributed by atoms with Crippen LogP contribution in [0, 0.1) is 0 Å². The molecule has 0 aliphatic carbocycles. The molecule has 3 N–H and O–H groups in total. The Kier molecular flexibility index (Phi) is 7.60. The maximum absolute atomic E-state index is 12.5. The molecule has 0 radical (unpaired) electrons. The number of hydrogen-bond donors (Lipinski definition) is 3. The average molecular weight is 382 g/mol. The van der Waals surface area contributed by atoms with E-state index in [0.717, 1.165) is 18.8 Å². The minimum atomic E-state index is -0.383. The number of nitrogens with zero attached hydrogens (tertiary/aromatic N) is 3. The van der Waals surface area contributed by atoms with Gasteiger partial charge in [0.25, 0.3) is 5.56 Å². The summed E-state index contributed by atoms with van der Waals surface area (Å²) in [5, 5.41) is 1.07. The van der Waals surface area contributed by atoms with E-state index in [1.54, 1.807) is 31.3 Å². The summed E-state index contributed by atoms with van der Waals surface area (Å²) in [5.41, 5.74) is 5.60. The van der Waals surface area contributed by atoms with Crippen LogP contribution < -0.4 is 17.0 Å². The normalized spacial score (nSPS) is 12.2. The zero-order valence-electron chi connectivity index (χ0n) is 14.1. The number of nitrogens with two attached hydrogens (primary N) is 1. The molecule has 0 aliphatic rings. The summed E-state index contributed by atoms with van der Waals surface area (Å²) >= 11 is 5.76. The van der Waals surface area contributed by atoms with E-state index >= 15 is 0 Å². The monoisotopic (exact) mass is 381 g/mol. The van der Waals surface area contributed by atoms with Crippen LogP contribution in [0.5, 0.6) is 0 Å². The van der Waals surface area contributed by atoms with E-state index in [1.165, 1.54) is 16.3 Å². The van der Waals surface area contributed by atoms with E-state index in [1.807, 2.05) is 0 Å². The van der Waals surface area contributed by atoms with Crippen LogP contribution >= 0.6 is 24.4 Å². The molecule has 1 heterocycles. The Morgan fingerprint density at radius 1 is 1.32 bits per heavy atom. The summed E-state index contributed by atoms with van der Waals surface area (Å²) in [6.07, 6.45) is 0. The number of H-pyrrole nitrogens is 1. The topological polar surface area (TPSA) is 96.5 Å². The fraction of sp³-hybridized carbons (Fsp3) is 0.438. The van der Waals surface area contributed by atoms with E-state index in [4.69, 9.17) is 5.73 Å². The second-order valence-electron chi connectivity index (χ2n) is 5.41. The Morgan fingerprint density at radius 3 is 2.80 bits per heavy atom. The van der Waals surface area contributed by atoms with Gasteiger partial charge in [-0.1, -0.05) is 23.9 Å². The summed E-state index contributed by atoms with van der Waals surface area (Å²) in [5.74, 6) is 1.49. The molecular formula is C16H23N5O2S2. The van der Waals surface area contributed by atoms with Gasteiger partial charge in [-0.05, 0) is 12.1 Å². The maximum Gasteiger partial charge on any atom is 0.328 e. The molecule has 0 spiro atoms. The van der Waals surface area contributed by atoms with Gasteiger partial charge in [-0.3, -0.25) is 19.3 Å². The quantitative estimate of drug-likeness (QED) is 0.353. The predicted molar refractivity (Wildman–Crippen MR) is 109 cm³/mol. The van der Waals surface area contributed by atoms with Crippen LogP contribution in [0.2, 0.25) is 0 Å². The van der Waals surface area contributed by atoms with Gasteiger partial charge in [0.15, 0.2) is 5.17 Å². The summed E-state index contributed by atoms with van der Waals surface area (Å²) in [4.78, 5) is 33.6. The Bertz CT molecular complexity index is 846. The highest BCUT2D eigenvalue weighted by atomic mass is 32.2. The predicted octanol–water partition coefficient (Wildman–Crippen LogP) is 0.599. The molecule has 0 unspecified atom stereocenters. The molecule has 2 aromatic rings. The first-order chi connectivity index (χ1) is 12.1. The highest BCUT2D eigenvalue weighted by Gasteiger charge is 2.10. The molecule has 1 aromatic heterocycles. The molecule has 0 bridgehead atoms. The van der Waals surface area contributed by atoms with Gasteiger partial charge in [0.1, 0.15) is 0 Å². The summed E-state index contributed by atoms with van der Waals surface area (Å²) < 4.78 is 1.25. The summed E-state index contributed by atoms with van der Waals surface area (Å²) in [7, 11) is 1.66. The van der Waals surface area contributed by atoms with Crippen molar-refractivity contribution in [1.82, 2.24) is 14.5 Å². The molecule has 2 rings (SSSR count). The Labute approximate surface area is 155 Å². The lowest BCUT2D eigenvalue weighted by atomic mass is 10.2. The third-order valence-electron chi connectivity index (χ3n) is 3.82. The van der Waals surface area contributed by atoms with Crippen molar-refractivity contribution in [3.8, 4) is 0 Å². The maximum atomic E-state index is 12.5. The second kappa shape index (κ2) is 9.69. The van der Waals surface area contributed by atoms with Crippen LogP contribution in [-0.4, -0.2) is 57.8 Å². The Balaban J connectivity index is 2.08. The largest absolute Gasteiger partial charge is 0.379 e. The van der Waals surface area contributed by atoms with E-state index in [9.17, 15) is 9.59 Å². The van der Waals surface area contributed by atoms with Gasteiger partial charge >= 0.3 is 5.69 Å². The number of rotatable bonds is 8. The molecule has 0 saturated carbocycles. The molecule has 0 amide bonds. The molecule has 0 atom stereocenters.